The molecular weight excluding hydrogens is 108 g/mol. The smallest absolute Gasteiger partial charge is 0.120 e. The minimum absolute atomic E-state index is 0.741. The first-order valence-corrected chi connectivity index (χ1v) is 2.43. The third kappa shape index (κ3) is 2.23. The number of hydrogen-bond donors (Lipinski definition) is 4. The van der Waals surface area contributed by atoms with Crippen molar-refractivity contribution >= 4 is 0 Å². The molecule has 0 amide bonds. The second kappa shape index (κ2) is 2.99. The summed E-state index contributed by atoms with van der Waals surface area (Å²) < 4.78 is 0. The zero-order valence-electron chi connectivity index (χ0n) is 4.78. The van der Waals surface area contributed by atoms with Crippen molar-refractivity contribution in [2.24, 2.45) is 11.5 Å². The SMILES string of the molecule is C[C@@H](O)[C@H](N)C(N)O. The maximum Gasteiger partial charge on any atom is 0.120 e. The Kier molecular flexibility index (Phi) is 2.93. The fraction of sp³-hybridized carbons (Fsp3) is 1.00. The lowest BCUT2D eigenvalue weighted by Gasteiger charge is -2.16. The van der Waals surface area contributed by atoms with Crippen LogP contribution in [0.25, 0.3) is 0 Å². The Morgan fingerprint density at radius 3 is 1.62 bits per heavy atom. The lowest BCUT2D eigenvalue weighted by atomic mass is 10.2. The molecule has 0 fully saturated rings. The molecule has 0 aromatic rings. The van der Waals surface area contributed by atoms with Crippen molar-refractivity contribution in [1.29, 1.82) is 0 Å². The van der Waals surface area contributed by atoms with Crippen molar-refractivity contribution in [3.05, 3.63) is 0 Å². The van der Waals surface area contributed by atoms with E-state index in [1.54, 1.807) is 0 Å². The number of nitrogens with two attached hydrogens (primary N) is 2. The lowest BCUT2D eigenvalue weighted by Crippen LogP contribution is -2.48. The minimum Gasteiger partial charge on any atom is -0.392 e. The second-order valence-electron chi connectivity index (χ2n) is 1.81. The van der Waals surface area contributed by atoms with E-state index < -0.39 is 18.4 Å². The Morgan fingerprint density at radius 1 is 1.25 bits per heavy atom. The molecule has 50 valence electrons. The highest BCUT2D eigenvalue weighted by atomic mass is 16.3. The molecule has 0 aromatic heterocycles. The van der Waals surface area contributed by atoms with Gasteiger partial charge >= 0.3 is 0 Å². The van der Waals surface area contributed by atoms with E-state index in [4.69, 9.17) is 21.7 Å². The third-order valence-corrected chi connectivity index (χ3v) is 0.951. The highest BCUT2D eigenvalue weighted by Crippen LogP contribution is 1.88. The van der Waals surface area contributed by atoms with Gasteiger partial charge in [-0.05, 0) is 6.92 Å². The molecule has 1 unspecified atom stereocenters. The van der Waals surface area contributed by atoms with Gasteiger partial charge in [-0.15, -0.1) is 0 Å². The number of rotatable bonds is 2. The largest absolute Gasteiger partial charge is 0.392 e. The van der Waals surface area contributed by atoms with Gasteiger partial charge in [-0.3, -0.25) is 0 Å². The minimum atomic E-state index is -1.13. The van der Waals surface area contributed by atoms with Gasteiger partial charge in [0.05, 0.1) is 12.1 Å². The van der Waals surface area contributed by atoms with Crippen molar-refractivity contribution in [2.45, 2.75) is 25.3 Å². The van der Waals surface area contributed by atoms with Gasteiger partial charge in [0.1, 0.15) is 6.23 Å². The van der Waals surface area contributed by atoms with E-state index in [2.05, 4.69) is 0 Å². The molecule has 3 atom stereocenters. The molecule has 0 aliphatic rings. The predicted octanol–water partition coefficient (Wildman–Crippen LogP) is -2.03. The van der Waals surface area contributed by atoms with Gasteiger partial charge in [-0.25, -0.2) is 0 Å². The van der Waals surface area contributed by atoms with Crippen molar-refractivity contribution in [2.75, 3.05) is 0 Å². The summed E-state index contributed by atoms with van der Waals surface area (Å²) in [4.78, 5) is 0. The fourth-order valence-corrected chi connectivity index (χ4v) is 0.285. The van der Waals surface area contributed by atoms with Crippen LogP contribution >= 0.6 is 0 Å². The predicted molar refractivity (Wildman–Crippen MR) is 29.9 cm³/mol. The summed E-state index contributed by atoms with van der Waals surface area (Å²) in [5, 5.41) is 17.1. The van der Waals surface area contributed by atoms with Gasteiger partial charge < -0.3 is 21.7 Å². The number of aliphatic hydroxyl groups excluding tert-OH is 2. The van der Waals surface area contributed by atoms with Gasteiger partial charge in [0.25, 0.3) is 0 Å². The lowest BCUT2D eigenvalue weighted by molar-refractivity contribution is 0.0692. The molecule has 0 saturated carbocycles. The van der Waals surface area contributed by atoms with Crippen LogP contribution in [0.5, 0.6) is 0 Å². The Labute approximate surface area is 48.1 Å². The van der Waals surface area contributed by atoms with E-state index in [9.17, 15) is 0 Å². The van der Waals surface area contributed by atoms with Crippen LogP contribution in [-0.4, -0.2) is 28.6 Å². The summed E-state index contributed by atoms with van der Waals surface area (Å²) in [5.74, 6) is 0. The highest BCUT2D eigenvalue weighted by molar-refractivity contribution is 4.71. The topological polar surface area (TPSA) is 92.5 Å². The maximum atomic E-state index is 8.63. The molecule has 0 aliphatic carbocycles. The molecule has 0 heterocycles. The standard InChI is InChI=1S/C4H12N2O2/c1-2(7)3(5)4(6)8/h2-4,7-8H,5-6H2,1H3/t2-,3+,4?/m1/s1. The molecule has 0 aromatic carbocycles. The zero-order chi connectivity index (χ0) is 6.73. The van der Waals surface area contributed by atoms with Crippen LogP contribution in [0.4, 0.5) is 0 Å². The molecule has 8 heavy (non-hydrogen) atoms. The van der Waals surface area contributed by atoms with Crippen LogP contribution in [0.3, 0.4) is 0 Å². The van der Waals surface area contributed by atoms with Crippen molar-refractivity contribution in [3.63, 3.8) is 0 Å². The molecule has 4 heteroatoms. The summed E-state index contributed by atoms with van der Waals surface area (Å²) in [6, 6.07) is -0.741. The second-order valence-corrected chi connectivity index (χ2v) is 1.81. The average molecular weight is 120 g/mol. The van der Waals surface area contributed by atoms with E-state index in [0.29, 0.717) is 0 Å². The summed E-state index contributed by atoms with van der Waals surface area (Å²) >= 11 is 0. The average Bonchev–Trinajstić information content (AvgIpc) is 1.64. The molecule has 6 N–H and O–H groups in total. The van der Waals surface area contributed by atoms with E-state index in [1.165, 1.54) is 6.92 Å². The van der Waals surface area contributed by atoms with Gasteiger partial charge in [0.2, 0.25) is 0 Å². The first kappa shape index (κ1) is 7.84. The van der Waals surface area contributed by atoms with Gasteiger partial charge in [0, 0.05) is 0 Å². The Hall–Kier alpha value is -0.160. The Bertz CT molecular complexity index is 57.1. The van der Waals surface area contributed by atoms with Crippen molar-refractivity contribution in [1.82, 2.24) is 0 Å². The molecule has 0 bridgehead atoms. The molecule has 0 saturated heterocycles. The fourth-order valence-electron chi connectivity index (χ4n) is 0.285. The van der Waals surface area contributed by atoms with Crippen LogP contribution in [0.1, 0.15) is 6.92 Å². The molecule has 4 nitrogen and oxygen atoms in total. The van der Waals surface area contributed by atoms with E-state index in [-0.39, 0.29) is 0 Å². The molecular formula is C4H12N2O2. The number of hydrogen-bond acceptors (Lipinski definition) is 4. The molecule has 0 rings (SSSR count). The first-order chi connectivity index (χ1) is 3.55. The molecule has 0 spiro atoms. The van der Waals surface area contributed by atoms with E-state index >= 15 is 0 Å². The molecule has 0 aliphatic heterocycles. The van der Waals surface area contributed by atoms with Crippen LogP contribution in [0, 0.1) is 0 Å². The van der Waals surface area contributed by atoms with E-state index in [0.717, 1.165) is 0 Å². The highest BCUT2D eigenvalue weighted by Gasteiger charge is 2.14. The summed E-state index contributed by atoms with van der Waals surface area (Å²) in [6.45, 7) is 1.47. The first-order valence-electron chi connectivity index (χ1n) is 2.43. The normalized spacial score (nSPS) is 22.1. The van der Waals surface area contributed by atoms with E-state index in [1.807, 2.05) is 0 Å². The number of aliphatic hydroxyl groups is 2. The zero-order valence-corrected chi connectivity index (χ0v) is 4.78. The van der Waals surface area contributed by atoms with Crippen LogP contribution in [0.15, 0.2) is 0 Å². The maximum absolute atomic E-state index is 8.63. The summed E-state index contributed by atoms with van der Waals surface area (Å²) in [6.07, 6.45) is -1.88. The quantitative estimate of drug-likeness (QED) is 0.316. The summed E-state index contributed by atoms with van der Waals surface area (Å²) in [7, 11) is 0. The van der Waals surface area contributed by atoms with Gasteiger partial charge in [0.15, 0.2) is 0 Å². The Balaban J connectivity index is 3.46. The molecule has 0 radical (unpaired) electrons. The van der Waals surface area contributed by atoms with Gasteiger partial charge in [-0.1, -0.05) is 0 Å². The van der Waals surface area contributed by atoms with Gasteiger partial charge in [-0.2, -0.15) is 0 Å². The van der Waals surface area contributed by atoms with Crippen LogP contribution < -0.4 is 11.5 Å². The van der Waals surface area contributed by atoms with Crippen molar-refractivity contribution in [3.8, 4) is 0 Å². The summed E-state index contributed by atoms with van der Waals surface area (Å²) in [5.41, 5.74) is 10.0. The third-order valence-electron chi connectivity index (χ3n) is 0.951. The van der Waals surface area contributed by atoms with Crippen LogP contribution in [-0.2, 0) is 0 Å². The Morgan fingerprint density at radius 2 is 1.62 bits per heavy atom. The monoisotopic (exact) mass is 120 g/mol. The van der Waals surface area contributed by atoms with Crippen LogP contribution in [0.2, 0.25) is 0 Å². The van der Waals surface area contributed by atoms with Crippen molar-refractivity contribution < 1.29 is 10.2 Å².